The maximum atomic E-state index is 11.0. The summed E-state index contributed by atoms with van der Waals surface area (Å²) in [4.78, 5) is 11.0. The second kappa shape index (κ2) is 5.17. The molecule has 0 radical (unpaired) electrons. The van der Waals surface area contributed by atoms with Crippen molar-refractivity contribution in [2.45, 2.75) is 0 Å². The van der Waals surface area contributed by atoms with Crippen LogP contribution in [0.25, 0.3) is 10.8 Å². The molecule has 0 aliphatic rings. The van der Waals surface area contributed by atoms with Gasteiger partial charge in [-0.25, -0.2) is 4.79 Å². The molecule has 0 bridgehead atoms. The number of aromatic carboxylic acids is 1. The van der Waals surface area contributed by atoms with Crippen molar-refractivity contribution in [2.24, 2.45) is 0 Å². The van der Waals surface area contributed by atoms with Gasteiger partial charge in [0, 0.05) is 8.95 Å². The van der Waals surface area contributed by atoms with E-state index in [1.54, 1.807) is 12.1 Å². The number of hydrogen-bond acceptors (Lipinski definition) is 1. The molecule has 0 heterocycles. The molecule has 0 aliphatic carbocycles. The highest BCUT2D eigenvalue weighted by Gasteiger charge is 2.10. The first-order valence-electron chi connectivity index (χ1n) is 4.20. The van der Waals surface area contributed by atoms with Crippen LogP contribution in [-0.2, 0) is 0 Å². The largest absolute Gasteiger partial charge is 0.478 e. The minimum absolute atomic E-state index is 0. The SMILES string of the molecule is Cl.O=C(O)c1cccc2c(Br)cc(Br)cc12. The summed E-state index contributed by atoms with van der Waals surface area (Å²) in [5.74, 6) is -0.911. The number of fused-ring (bicyclic) bond motifs is 1. The fourth-order valence-corrected chi connectivity index (χ4v) is 2.85. The summed E-state index contributed by atoms with van der Waals surface area (Å²) >= 11 is 6.75. The monoisotopic (exact) mass is 364 g/mol. The third-order valence-corrected chi connectivity index (χ3v) is 3.25. The Morgan fingerprint density at radius 3 is 2.44 bits per heavy atom. The molecule has 0 aromatic heterocycles. The van der Waals surface area contributed by atoms with Crippen molar-refractivity contribution in [3.05, 3.63) is 44.8 Å². The number of carboxylic acids is 1. The van der Waals surface area contributed by atoms with Gasteiger partial charge in [-0.05, 0) is 29.0 Å². The molecule has 0 saturated heterocycles. The van der Waals surface area contributed by atoms with E-state index in [0.29, 0.717) is 5.56 Å². The van der Waals surface area contributed by atoms with Gasteiger partial charge < -0.3 is 5.11 Å². The highest BCUT2D eigenvalue weighted by atomic mass is 79.9. The van der Waals surface area contributed by atoms with Crippen LogP contribution in [-0.4, -0.2) is 11.1 Å². The molecule has 2 aromatic rings. The molecule has 0 fully saturated rings. The van der Waals surface area contributed by atoms with Crippen LogP contribution in [0.4, 0.5) is 0 Å². The van der Waals surface area contributed by atoms with Crippen LogP contribution >= 0.6 is 44.3 Å². The van der Waals surface area contributed by atoms with Gasteiger partial charge in [-0.1, -0.05) is 44.0 Å². The molecule has 0 amide bonds. The van der Waals surface area contributed by atoms with Gasteiger partial charge in [-0.3, -0.25) is 0 Å². The molecule has 0 saturated carbocycles. The summed E-state index contributed by atoms with van der Waals surface area (Å²) < 4.78 is 1.74. The lowest BCUT2D eigenvalue weighted by molar-refractivity contribution is 0.0699. The quantitative estimate of drug-likeness (QED) is 0.808. The van der Waals surface area contributed by atoms with E-state index in [4.69, 9.17) is 5.11 Å². The standard InChI is InChI=1S/C11H6Br2O2.ClH/c12-6-4-9-7(10(13)5-6)2-1-3-8(9)11(14)15;/h1-5H,(H,14,15);1H. The predicted molar refractivity (Wildman–Crippen MR) is 73.6 cm³/mol. The molecule has 2 aromatic carbocycles. The van der Waals surface area contributed by atoms with Crippen LogP contribution in [0, 0.1) is 0 Å². The van der Waals surface area contributed by atoms with Gasteiger partial charge in [0.25, 0.3) is 0 Å². The number of carbonyl (C=O) groups is 1. The van der Waals surface area contributed by atoms with E-state index in [-0.39, 0.29) is 12.4 Å². The zero-order chi connectivity index (χ0) is 11.0. The Kier molecular flexibility index (Phi) is 4.35. The van der Waals surface area contributed by atoms with Crippen molar-refractivity contribution in [3.63, 3.8) is 0 Å². The Bertz CT molecular complexity index is 555. The van der Waals surface area contributed by atoms with Crippen molar-refractivity contribution in [1.29, 1.82) is 0 Å². The molecule has 1 N–H and O–H groups in total. The van der Waals surface area contributed by atoms with Crippen LogP contribution < -0.4 is 0 Å². The Morgan fingerprint density at radius 2 is 1.81 bits per heavy atom. The summed E-state index contributed by atoms with van der Waals surface area (Å²) in [6, 6.07) is 8.93. The number of hydrogen-bond donors (Lipinski definition) is 1. The number of benzene rings is 2. The van der Waals surface area contributed by atoms with E-state index in [9.17, 15) is 4.79 Å². The third kappa shape index (κ3) is 2.39. The predicted octanol–water partition coefficient (Wildman–Crippen LogP) is 4.48. The molecule has 16 heavy (non-hydrogen) atoms. The molecule has 0 spiro atoms. The van der Waals surface area contributed by atoms with Crippen molar-refractivity contribution < 1.29 is 9.90 Å². The highest BCUT2D eigenvalue weighted by molar-refractivity contribution is 9.11. The summed E-state index contributed by atoms with van der Waals surface area (Å²) in [5, 5.41) is 10.7. The topological polar surface area (TPSA) is 37.3 Å². The molecule has 0 unspecified atom stereocenters. The van der Waals surface area contributed by atoms with E-state index in [0.717, 1.165) is 19.7 Å². The Balaban J connectivity index is 0.00000128. The van der Waals surface area contributed by atoms with Crippen LogP contribution in [0.1, 0.15) is 10.4 Å². The van der Waals surface area contributed by atoms with Crippen LogP contribution in [0.5, 0.6) is 0 Å². The second-order valence-corrected chi connectivity index (χ2v) is 4.86. The number of halogens is 3. The average Bonchev–Trinajstić information content (AvgIpc) is 2.16. The van der Waals surface area contributed by atoms with Crippen molar-refractivity contribution in [1.82, 2.24) is 0 Å². The summed E-state index contributed by atoms with van der Waals surface area (Å²) in [6.45, 7) is 0. The number of carboxylic acid groups (broad SMARTS) is 1. The highest BCUT2D eigenvalue weighted by Crippen LogP contribution is 2.30. The van der Waals surface area contributed by atoms with E-state index in [2.05, 4.69) is 31.9 Å². The van der Waals surface area contributed by atoms with Crippen LogP contribution in [0.3, 0.4) is 0 Å². The van der Waals surface area contributed by atoms with Crippen molar-refractivity contribution in [3.8, 4) is 0 Å². The minimum atomic E-state index is -0.911. The summed E-state index contributed by atoms with van der Waals surface area (Å²) in [6.07, 6.45) is 0. The van der Waals surface area contributed by atoms with Gasteiger partial charge in [0.05, 0.1) is 5.56 Å². The zero-order valence-electron chi connectivity index (χ0n) is 7.91. The van der Waals surface area contributed by atoms with E-state index in [1.807, 2.05) is 18.2 Å². The first kappa shape index (κ1) is 13.5. The average molecular weight is 366 g/mol. The normalized spacial score (nSPS) is 9.88. The molecule has 0 atom stereocenters. The molecule has 2 rings (SSSR count). The second-order valence-electron chi connectivity index (χ2n) is 3.09. The smallest absolute Gasteiger partial charge is 0.336 e. The molecular weight excluding hydrogens is 359 g/mol. The Morgan fingerprint density at radius 1 is 1.12 bits per heavy atom. The molecule has 0 aliphatic heterocycles. The van der Waals surface area contributed by atoms with Gasteiger partial charge in [0.1, 0.15) is 0 Å². The Labute approximate surface area is 115 Å². The van der Waals surface area contributed by atoms with Crippen LogP contribution in [0.2, 0.25) is 0 Å². The van der Waals surface area contributed by atoms with Crippen LogP contribution in [0.15, 0.2) is 39.3 Å². The molecule has 84 valence electrons. The fourth-order valence-electron chi connectivity index (χ4n) is 1.49. The zero-order valence-corrected chi connectivity index (χ0v) is 11.9. The lowest BCUT2D eigenvalue weighted by atomic mass is 10.1. The summed E-state index contributed by atoms with van der Waals surface area (Å²) in [7, 11) is 0. The van der Waals surface area contributed by atoms with Crippen molar-refractivity contribution in [2.75, 3.05) is 0 Å². The van der Waals surface area contributed by atoms with Gasteiger partial charge in [0.2, 0.25) is 0 Å². The van der Waals surface area contributed by atoms with Gasteiger partial charge in [-0.2, -0.15) is 0 Å². The lowest BCUT2D eigenvalue weighted by Gasteiger charge is -2.05. The fraction of sp³-hybridized carbons (Fsp3) is 0. The maximum absolute atomic E-state index is 11.0. The third-order valence-electron chi connectivity index (χ3n) is 2.14. The first-order valence-corrected chi connectivity index (χ1v) is 5.79. The number of rotatable bonds is 1. The lowest BCUT2D eigenvalue weighted by Crippen LogP contribution is -1.97. The molecule has 5 heteroatoms. The van der Waals surface area contributed by atoms with Gasteiger partial charge in [-0.15, -0.1) is 12.4 Å². The minimum Gasteiger partial charge on any atom is -0.478 e. The van der Waals surface area contributed by atoms with Gasteiger partial charge >= 0.3 is 5.97 Å². The summed E-state index contributed by atoms with van der Waals surface area (Å²) in [5.41, 5.74) is 0.314. The Hall–Kier alpha value is -0.580. The molecule has 2 nitrogen and oxygen atoms in total. The van der Waals surface area contributed by atoms with E-state index >= 15 is 0 Å². The van der Waals surface area contributed by atoms with Crippen molar-refractivity contribution >= 4 is 61.0 Å². The first-order chi connectivity index (χ1) is 7.09. The van der Waals surface area contributed by atoms with E-state index in [1.165, 1.54) is 0 Å². The maximum Gasteiger partial charge on any atom is 0.336 e. The molecular formula is C11H7Br2ClO2. The van der Waals surface area contributed by atoms with E-state index < -0.39 is 5.97 Å². The van der Waals surface area contributed by atoms with Gasteiger partial charge in [0.15, 0.2) is 0 Å².